The minimum atomic E-state index is -0.237. The molecule has 6 heteroatoms. The van der Waals surface area contributed by atoms with Gasteiger partial charge in [-0.2, -0.15) is 9.78 Å². The fraction of sp³-hybridized carbons (Fsp3) is 0.0312. The summed E-state index contributed by atoms with van der Waals surface area (Å²) in [5.74, 6) is 1.13. The molecule has 0 bridgehead atoms. The van der Waals surface area contributed by atoms with Gasteiger partial charge in [-0.05, 0) is 46.7 Å². The van der Waals surface area contributed by atoms with Crippen LogP contribution in [0.3, 0.4) is 0 Å². The number of ether oxygens (including phenoxy) is 1. The largest absolute Gasteiger partial charge is 0.488 e. The molecular weight excluding hydrogens is 538 g/mol. The van der Waals surface area contributed by atoms with E-state index in [1.54, 1.807) is 12.3 Å². The zero-order chi connectivity index (χ0) is 25.9. The Labute approximate surface area is 227 Å². The van der Waals surface area contributed by atoms with Gasteiger partial charge < -0.3 is 4.74 Å². The van der Waals surface area contributed by atoms with Crippen LogP contribution in [0.4, 0.5) is 0 Å². The van der Waals surface area contributed by atoms with E-state index in [0.717, 1.165) is 26.5 Å². The normalized spacial score (nSPS) is 11.4. The summed E-state index contributed by atoms with van der Waals surface area (Å²) >= 11 is 3.55. The lowest BCUT2D eigenvalue weighted by atomic mass is 10.1. The lowest BCUT2D eigenvalue weighted by Gasteiger charge is -2.12. The van der Waals surface area contributed by atoms with Crippen molar-refractivity contribution >= 4 is 43.8 Å². The molecule has 0 saturated heterocycles. The molecule has 0 fully saturated rings. The van der Waals surface area contributed by atoms with Crippen molar-refractivity contribution in [3.8, 4) is 17.1 Å². The van der Waals surface area contributed by atoms with E-state index in [2.05, 4.69) is 45.3 Å². The summed E-state index contributed by atoms with van der Waals surface area (Å²) in [6.07, 6.45) is 1.65. The minimum Gasteiger partial charge on any atom is -0.488 e. The lowest BCUT2D eigenvalue weighted by molar-refractivity contribution is 0.307. The van der Waals surface area contributed by atoms with Crippen molar-refractivity contribution in [2.24, 2.45) is 5.10 Å². The fourth-order valence-electron chi connectivity index (χ4n) is 4.45. The maximum Gasteiger partial charge on any atom is 0.282 e. The van der Waals surface area contributed by atoms with Gasteiger partial charge in [0.1, 0.15) is 12.4 Å². The predicted molar refractivity (Wildman–Crippen MR) is 157 cm³/mol. The molecule has 0 spiro atoms. The summed E-state index contributed by atoms with van der Waals surface area (Å²) in [6.45, 7) is 0.399. The summed E-state index contributed by atoms with van der Waals surface area (Å²) in [6, 6.07) is 37.1. The van der Waals surface area contributed by atoms with E-state index in [4.69, 9.17) is 9.72 Å². The summed E-state index contributed by atoms with van der Waals surface area (Å²) in [7, 11) is 0. The Hall–Kier alpha value is -4.55. The summed E-state index contributed by atoms with van der Waals surface area (Å²) < 4.78 is 8.51. The van der Waals surface area contributed by atoms with Gasteiger partial charge in [-0.1, -0.05) is 101 Å². The number of halogens is 1. The molecule has 6 aromatic rings. The monoisotopic (exact) mass is 559 g/mol. The highest BCUT2D eigenvalue weighted by molar-refractivity contribution is 9.10. The van der Waals surface area contributed by atoms with Gasteiger partial charge in [0.2, 0.25) is 0 Å². The van der Waals surface area contributed by atoms with E-state index in [9.17, 15) is 4.79 Å². The average Bonchev–Trinajstić information content (AvgIpc) is 2.96. The van der Waals surface area contributed by atoms with Gasteiger partial charge in [0.25, 0.3) is 5.56 Å². The molecule has 0 atom stereocenters. The molecular formula is C32H22BrN3O2. The van der Waals surface area contributed by atoms with E-state index in [1.807, 2.05) is 84.9 Å². The van der Waals surface area contributed by atoms with Crippen molar-refractivity contribution in [2.45, 2.75) is 6.61 Å². The van der Waals surface area contributed by atoms with Crippen LogP contribution in [0.15, 0.2) is 130 Å². The van der Waals surface area contributed by atoms with Crippen LogP contribution < -0.4 is 10.3 Å². The standard InChI is InChI=1S/C32H22BrN3O2/c33-26-17-18-30(38-21-24-13-8-12-22-9-4-5-14-27(22)24)25(19-26)20-34-36-31(23-10-2-1-3-11-23)35-29-16-7-6-15-28(29)32(36)37/h1-20H,21H2. The van der Waals surface area contributed by atoms with Crippen LogP contribution >= 0.6 is 15.9 Å². The lowest BCUT2D eigenvalue weighted by Crippen LogP contribution is -2.20. The van der Waals surface area contributed by atoms with Gasteiger partial charge in [-0.15, -0.1) is 0 Å². The third-order valence-corrected chi connectivity index (χ3v) is 6.83. The number of para-hydroxylation sites is 1. The number of nitrogens with zero attached hydrogens (tertiary/aromatic N) is 3. The number of aromatic nitrogens is 2. The SMILES string of the molecule is O=c1c2ccccc2nc(-c2ccccc2)n1N=Cc1cc(Br)ccc1OCc1cccc2ccccc12. The zero-order valence-corrected chi connectivity index (χ0v) is 21.9. The second-order valence-corrected chi connectivity index (χ2v) is 9.70. The van der Waals surface area contributed by atoms with Crippen molar-refractivity contribution in [3.05, 3.63) is 141 Å². The topological polar surface area (TPSA) is 56.5 Å². The van der Waals surface area contributed by atoms with Gasteiger partial charge >= 0.3 is 0 Å². The van der Waals surface area contributed by atoms with E-state index in [0.29, 0.717) is 29.1 Å². The average molecular weight is 560 g/mol. The van der Waals surface area contributed by atoms with Crippen molar-refractivity contribution in [2.75, 3.05) is 0 Å². The molecule has 0 unspecified atom stereocenters. The Balaban J connectivity index is 1.40. The van der Waals surface area contributed by atoms with E-state index in [-0.39, 0.29) is 5.56 Å². The van der Waals surface area contributed by atoms with Crippen LogP contribution in [0.1, 0.15) is 11.1 Å². The van der Waals surface area contributed by atoms with Crippen LogP contribution in [0.5, 0.6) is 5.75 Å². The maximum absolute atomic E-state index is 13.5. The van der Waals surface area contributed by atoms with Crippen molar-refractivity contribution in [1.29, 1.82) is 0 Å². The molecule has 1 heterocycles. The molecule has 5 aromatic carbocycles. The highest BCUT2D eigenvalue weighted by Crippen LogP contribution is 2.26. The molecule has 0 saturated carbocycles. The molecule has 5 nitrogen and oxygen atoms in total. The smallest absolute Gasteiger partial charge is 0.282 e. The first-order valence-electron chi connectivity index (χ1n) is 12.2. The first-order valence-corrected chi connectivity index (χ1v) is 13.0. The maximum atomic E-state index is 13.5. The first-order chi connectivity index (χ1) is 18.7. The Morgan fingerprint density at radius 3 is 2.42 bits per heavy atom. The Bertz CT molecular complexity index is 1860. The molecule has 0 aliphatic carbocycles. The third kappa shape index (κ3) is 4.74. The molecule has 0 N–H and O–H groups in total. The van der Waals surface area contributed by atoms with Crippen LogP contribution in [0.25, 0.3) is 33.1 Å². The van der Waals surface area contributed by atoms with Crippen LogP contribution in [-0.4, -0.2) is 15.9 Å². The highest BCUT2D eigenvalue weighted by atomic mass is 79.9. The molecule has 0 amide bonds. The quantitative estimate of drug-likeness (QED) is 0.199. The van der Waals surface area contributed by atoms with E-state index < -0.39 is 0 Å². The van der Waals surface area contributed by atoms with Crippen molar-refractivity contribution < 1.29 is 4.74 Å². The number of hydrogen-bond acceptors (Lipinski definition) is 4. The molecule has 1 aromatic heterocycles. The number of benzene rings is 5. The number of hydrogen-bond donors (Lipinski definition) is 0. The highest BCUT2D eigenvalue weighted by Gasteiger charge is 2.13. The predicted octanol–water partition coefficient (Wildman–Crippen LogP) is 7.44. The molecule has 0 aliphatic heterocycles. The summed E-state index contributed by atoms with van der Waals surface area (Å²) in [5.41, 5.74) is 3.02. The van der Waals surface area contributed by atoms with E-state index in [1.165, 1.54) is 10.1 Å². The molecule has 38 heavy (non-hydrogen) atoms. The summed E-state index contributed by atoms with van der Waals surface area (Å²) in [4.78, 5) is 18.3. The molecule has 0 aliphatic rings. The number of rotatable bonds is 6. The van der Waals surface area contributed by atoms with Crippen LogP contribution in [-0.2, 0) is 6.61 Å². The Morgan fingerprint density at radius 2 is 1.55 bits per heavy atom. The van der Waals surface area contributed by atoms with Crippen LogP contribution in [0.2, 0.25) is 0 Å². The molecule has 184 valence electrons. The van der Waals surface area contributed by atoms with Gasteiger partial charge in [-0.3, -0.25) is 4.79 Å². The van der Waals surface area contributed by atoms with Crippen molar-refractivity contribution in [3.63, 3.8) is 0 Å². The number of fused-ring (bicyclic) bond motifs is 2. The second-order valence-electron chi connectivity index (χ2n) is 8.79. The van der Waals surface area contributed by atoms with Gasteiger partial charge in [0, 0.05) is 15.6 Å². The summed E-state index contributed by atoms with van der Waals surface area (Å²) in [5, 5.41) is 7.46. The van der Waals surface area contributed by atoms with Gasteiger partial charge in [0.15, 0.2) is 5.82 Å². The van der Waals surface area contributed by atoms with Gasteiger partial charge in [0.05, 0.1) is 17.1 Å². The van der Waals surface area contributed by atoms with E-state index >= 15 is 0 Å². The minimum absolute atomic E-state index is 0.237. The van der Waals surface area contributed by atoms with Crippen LogP contribution in [0, 0.1) is 0 Å². The molecule has 6 rings (SSSR count). The molecule has 0 radical (unpaired) electrons. The first kappa shape index (κ1) is 23.8. The Morgan fingerprint density at radius 1 is 0.816 bits per heavy atom. The fourth-order valence-corrected chi connectivity index (χ4v) is 4.83. The van der Waals surface area contributed by atoms with Crippen molar-refractivity contribution in [1.82, 2.24) is 9.66 Å². The Kier molecular flexibility index (Phi) is 6.54. The third-order valence-electron chi connectivity index (χ3n) is 6.33. The second kappa shape index (κ2) is 10.4. The zero-order valence-electron chi connectivity index (χ0n) is 20.3. The van der Waals surface area contributed by atoms with Gasteiger partial charge in [-0.25, -0.2) is 4.98 Å².